The second kappa shape index (κ2) is 11.1. The Morgan fingerprint density at radius 2 is 1.87 bits per heavy atom. The highest BCUT2D eigenvalue weighted by atomic mass is 32.2. The van der Waals surface area contributed by atoms with Gasteiger partial charge in [-0.05, 0) is 30.5 Å². The van der Waals surface area contributed by atoms with Crippen molar-refractivity contribution in [3.8, 4) is 0 Å². The van der Waals surface area contributed by atoms with Crippen LogP contribution in [-0.2, 0) is 23.3 Å². The zero-order valence-electron chi connectivity index (χ0n) is 21.8. The second-order valence-corrected chi connectivity index (χ2v) is 11.8. The highest BCUT2D eigenvalue weighted by Gasteiger charge is 2.50. The van der Waals surface area contributed by atoms with Crippen molar-refractivity contribution in [3.63, 3.8) is 0 Å². The van der Waals surface area contributed by atoms with Crippen molar-refractivity contribution in [2.45, 2.75) is 38.5 Å². The number of carbonyl (C=O) groups excluding carboxylic acids is 1. The molecule has 0 amide bonds. The van der Waals surface area contributed by atoms with Crippen molar-refractivity contribution in [2.24, 2.45) is 11.7 Å². The van der Waals surface area contributed by atoms with Crippen LogP contribution in [0.1, 0.15) is 45.3 Å². The summed E-state index contributed by atoms with van der Waals surface area (Å²) in [6, 6.07) is 10.3. The summed E-state index contributed by atoms with van der Waals surface area (Å²) >= 11 is 0. The van der Waals surface area contributed by atoms with Crippen LogP contribution in [0.2, 0.25) is 0 Å². The lowest BCUT2D eigenvalue weighted by molar-refractivity contribution is -0.188. The SMILES string of the molecule is Cc1occc1C(=O)n1nc(C2CN(S(=O)(=O)N(C)C)CCC2C(F)(F)F)cc1NCc1ccc(CN)cc1. The number of alkyl halides is 3. The summed E-state index contributed by atoms with van der Waals surface area (Å²) in [5.74, 6) is -3.25. The van der Waals surface area contributed by atoms with Gasteiger partial charge in [0, 0.05) is 52.3 Å². The number of anilines is 1. The standard InChI is InChI=1S/C25H31F3N6O4S/c1-16-19(9-11-38-16)24(35)34-23(30-14-18-6-4-17(13-29)5-7-18)12-22(31-34)20-15-33(39(36,37)32(2)3)10-8-21(20)25(26,27)28/h4-7,9,11-12,20-21,30H,8,10,13-15,29H2,1-3H3. The average Bonchev–Trinajstić information content (AvgIpc) is 3.52. The number of aromatic nitrogens is 2. The molecule has 0 aliphatic carbocycles. The predicted octanol–water partition coefficient (Wildman–Crippen LogP) is 3.32. The summed E-state index contributed by atoms with van der Waals surface area (Å²) in [6.45, 7) is 1.51. The molecule has 1 saturated heterocycles. The number of furan rings is 1. The van der Waals surface area contributed by atoms with Crippen LogP contribution >= 0.6 is 0 Å². The molecule has 0 radical (unpaired) electrons. The molecule has 1 aromatic carbocycles. The summed E-state index contributed by atoms with van der Waals surface area (Å²) < 4.78 is 76.1. The highest BCUT2D eigenvalue weighted by Crippen LogP contribution is 2.43. The van der Waals surface area contributed by atoms with Crippen molar-refractivity contribution in [1.82, 2.24) is 18.4 Å². The minimum absolute atomic E-state index is 0.0357. The number of nitrogens with two attached hydrogens (primary N) is 1. The first-order valence-electron chi connectivity index (χ1n) is 12.3. The van der Waals surface area contributed by atoms with Gasteiger partial charge in [-0.1, -0.05) is 24.3 Å². The molecule has 0 bridgehead atoms. The zero-order chi connectivity index (χ0) is 28.5. The molecular formula is C25H31F3N6O4S. The maximum absolute atomic E-state index is 14.1. The second-order valence-electron chi connectivity index (χ2n) is 9.63. The van der Waals surface area contributed by atoms with Gasteiger partial charge in [0.1, 0.15) is 11.6 Å². The van der Waals surface area contributed by atoms with Crippen molar-refractivity contribution in [3.05, 3.63) is 70.8 Å². The van der Waals surface area contributed by atoms with Crippen LogP contribution in [0.4, 0.5) is 19.0 Å². The van der Waals surface area contributed by atoms with Gasteiger partial charge in [0.15, 0.2) is 0 Å². The molecule has 14 heteroatoms. The lowest BCUT2D eigenvalue weighted by Crippen LogP contribution is -2.50. The Morgan fingerprint density at radius 3 is 2.44 bits per heavy atom. The number of hydrogen-bond acceptors (Lipinski definition) is 7. The number of nitrogens with zero attached hydrogens (tertiary/aromatic N) is 4. The number of aryl methyl sites for hydroxylation is 1. The van der Waals surface area contributed by atoms with Crippen LogP contribution in [0, 0.1) is 12.8 Å². The van der Waals surface area contributed by atoms with Gasteiger partial charge in [0.2, 0.25) is 0 Å². The first-order chi connectivity index (χ1) is 18.3. The lowest BCUT2D eigenvalue weighted by atomic mass is 9.83. The molecule has 10 nitrogen and oxygen atoms in total. The van der Waals surface area contributed by atoms with E-state index in [1.54, 1.807) is 6.92 Å². The van der Waals surface area contributed by atoms with Gasteiger partial charge >= 0.3 is 6.18 Å². The number of hydrogen-bond donors (Lipinski definition) is 2. The topological polar surface area (TPSA) is 127 Å². The Hall–Kier alpha value is -3.20. The van der Waals surface area contributed by atoms with Crippen molar-refractivity contribution < 1.29 is 30.8 Å². The molecule has 0 spiro atoms. The van der Waals surface area contributed by atoms with E-state index >= 15 is 0 Å². The summed E-state index contributed by atoms with van der Waals surface area (Å²) in [6.07, 6.45) is -3.69. The van der Waals surface area contributed by atoms with Gasteiger partial charge in [0.25, 0.3) is 16.1 Å². The summed E-state index contributed by atoms with van der Waals surface area (Å²) in [4.78, 5) is 13.4. The van der Waals surface area contributed by atoms with Crippen LogP contribution in [0.15, 0.2) is 47.1 Å². The molecule has 39 heavy (non-hydrogen) atoms. The predicted molar refractivity (Wildman–Crippen MR) is 138 cm³/mol. The number of benzene rings is 1. The molecule has 3 N–H and O–H groups in total. The minimum atomic E-state index is -4.59. The van der Waals surface area contributed by atoms with Crippen LogP contribution < -0.4 is 11.1 Å². The Balaban J connectivity index is 1.73. The van der Waals surface area contributed by atoms with Crippen LogP contribution in [0.25, 0.3) is 0 Å². The van der Waals surface area contributed by atoms with E-state index in [0.29, 0.717) is 12.3 Å². The largest absolute Gasteiger partial charge is 0.469 e. The highest BCUT2D eigenvalue weighted by molar-refractivity contribution is 7.86. The van der Waals surface area contributed by atoms with Crippen molar-refractivity contribution >= 4 is 21.9 Å². The first kappa shape index (κ1) is 28.8. The lowest BCUT2D eigenvalue weighted by Gasteiger charge is -2.38. The third kappa shape index (κ3) is 6.03. The van der Waals surface area contributed by atoms with Crippen LogP contribution in [0.3, 0.4) is 0 Å². The quantitative estimate of drug-likeness (QED) is 0.427. The van der Waals surface area contributed by atoms with Gasteiger partial charge in [-0.3, -0.25) is 4.79 Å². The van der Waals surface area contributed by atoms with Gasteiger partial charge < -0.3 is 15.5 Å². The fourth-order valence-corrected chi connectivity index (χ4v) is 5.77. The molecule has 1 fully saturated rings. The minimum Gasteiger partial charge on any atom is -0.469 e. The third-order valence-electron chi connectivity index (χ3n) is 6.91. The molecule has 1 aliphatic rings. The third-order valence-corrected chi connectivity index (χ3v) is 8.81. The van der Waals surface area contributed by atoms with Crippen LogP contribution in [-0.4, -0.2) is 66.1 Å². The zero-order valence-corrected chi connectivity index (χ0v) is 22.6. The monoisotopic (exact) mass is 568 g/mol. The van der Waals surface area contributed by atoms with E-state index in [9.17, 15) is 26.4 Å². The molecule has 2 atom stereocenters. The smallest absolute Gasteiger partial charge is 0.392 e. The Labute approximate surface area is 224 Å². The Morgan fingerprint density at radius 1 is 1.21 bits per heavy atom. The average molecular weight is 569 g/mol. The number of carbonyl (C=O) groups is 1. The normalized spacial score (nSPS) is 19.0. The molecule has 4 rings (SSSR count). The van der Waals surface area contributed by atoms with E-state index in [2.05, 4.69) is 10.4 Å². The maximum atomic E-state index is 14.1. The molecule has 212 valence electrons. The molecule has 1 aliphatic heterocycles. The molecular weight excluding hydrogens is 537 g/mol. The van der Waals surface area contributed by atoms with Gasteiger partial charge in [0.05, 0.1) is 23.4 Å². The fourth-order valence-electron chi connectivity index (χ4n) is 4.62. The summed E-state index contributed by atoms with van der Waals surface area (Å²) in [5.41, 5.74) is 7.60. The van der Waals surface area contributed by atoms with E-state index in [1.807, 2.05) is 24.3 Å². The van der Waals surface area contributed by atoms with Gasteiger partial charge in [-0.25, -0.2) is 0 Å². The molecule has 2 aromatic heterocycles. The van der Waals surface area contributed by atoms with E-state index in [1.165, 1.54) is 32.5 Å². The first-order valence-corrected chi connectivity index (χ1v) is 13.7. The number of rotatable bonds is 8. The maximum Gasteiger partial charge on any atom is 0.392 e. The van der Waals surface area contributed by atoms with E-state index in [0.717, 1.165) is 24.4 Å². The fraction of sp³-hybridized carbons (Fsp3) is 0.440. The van der Waals surface area contributed by atoms with E-state index in [-0.39, 0.29) is 30.2 Å². The molecule has 3 aromatic rings. The van der Waals surface area contributed by atoms with E-state index < -0.39 is 47.1 Å². The van der Waals surface area contributed by atoms with Gasteiger partial charge in [-0.15, -0.1) is 0 Å². The van der Waals surface area contributed by atoms with Crippen LogP contribution in [0.5, 0.6) is 0 Å². The molecule has 0 saturated carbocycles. The van der Waals surface area contributed by atoms with E-state index in [4.69, 9.17) is 10.2 Å². The van der Waals surface area contributed by atoms with Crippen molar-refractivity contribution in [1.29, 1.82) is 0 Å². The molecule has 2 unspecified atom stereocenters. The number of halogens is 3. The number of piperidine rings is 1. The van der Waals surface area contributed by atoms with Crippen molar-refractivity contribution in [2.75, 3.05) is 32.5 Å². The Bertz CT molecular complexity index is 1420. The molecule has 3 heterocycles. The summed E-state index contributed by atoms with van der Waals surface area (Å²) in [7, 11) is -1.32. The summed E-state index contributed by atoms with van der Waals surface area (Å²) in [5, 5.41) is 7.41. The Kier molecular flexibility index (Phi) is 8.21. The van der Waals surface area contributed by atoms with Gasteiger partial charge in [-0.2, -0.15) is 40.0 Å². The number of nitrogens with one attached hydrogen (secondary N) is 1.